The number of methoxy groups -OCH3 is 2. The van der Waals surface area contributed by atoms with E-state index in [0.29, 0.717) is 17.1 Å². The predicted octanol–water partition coefficient (Wildman–Crippen LogP) is 3.09. The lowest BCUT2D eigenvalue weighted by molar-refractivity contribution is 0.324. The lowest BCUT2D eigenvalue weighted by Gasteiger charge is -2.28. The van der Waals surface area contributed by atoms with Crippen LogP contribution in [0, 0.1) is 5.82 Å². The molecule has 0 radical (unpaired) electrons. The summed E-state index contributed by atoms with van der Waals surface area (Å²) in [6, 6.07) is 1.44. The Bertz CT molecular complexity index is 459. The van der Waals surface area contributed by atoms with Gasteiger partial charge in [0.2, 0.25) is 0 Å². The summed E-state index contributed by atoms with van der Waals surface area (Å²) in [4.78, 5) is 0. The van der Waals surface area contributed by atoms with Crippen molar-refractivity contribution in [3.05, 3.63) is 22.5 Å². The van der Waals surface area contributed by atoms with Crippen LogP contribution in [0.15, 0.2) is 6.07 Å². The van der Waals surface area contributed by atoms with Gasteiger partial charge >= 0.3 is 0 Å². The fourth-order valence-electron chi connectivity index (χ4n) is 2.54. The highest BCUT2D eigenvalue weighted by Crippen LogP contribution is 2.45. The van der Waals surface area contributed by atoms with E-state index in [1.54, 1.807) is 0 Å². The van der Waals surface area contributed by atoms with E-state index in [0.717, 1.165) is 19.4 Å². The molecule has 100 valence electrons. The third-order valence-electron chi connectivity index (χ3n) is 3.48. The van der Waals surface area contributed by atoms with E-state index in [-0.39, 0.29) is 5.02 Å². The summed E-state index contributed by atoms with van der Waals surface area (Å²) >= 11 is 5.93. The zero-order valence-corrected chi connectivity index (χ0v) is 11.5. The molecule has 1 unspecified atom stereocenters. The maximum atomic E-state index is 14.4. The largest absolute Gasteiger partial charge is 0.493 e. The fraction of sp³-hybridized carbons (Fsp3) is 0.538. The Morgan fingerprint density at radius 1 is 1.39 bits per heavy atom. The zero-order valence-electron chi connectivity index (χ0n) is 10.8. The van der Waals surface area contributed by atoms with Gasteiger partial charge in [0.15, 0.2) is 17.3 Å². The Kier molecular flexibility index (Phi) is 3.69. The molecule has 0 aliphatic carbocycles. The molecule has 1 aliphatic heterocycles. The van der Waals surface area contributed by atoms with Crippen molar-refractivity contribution < 1.29 is 13.9 Å². The molecule has 1 aliphatic rings. The summed E-state index contributed by atoms with van der Waals surface area (Å²) in [5.41, 5.74) is -0.0139. The first-order valence-corrected chi connectivity index (χ1v) is 6.27. The van der Waals surface area contributed by atoms with Gasteiger partial charge in [0, 0.05) is 11.6 Å². The fourth-order valence-corrected chi connectivity index (χ4v) is 2.73. The van der Waals surface area contributed by atoms with Crippen molar-refractivity contribution in [2.75, 3.05) is 20.8 Å². The number of ether oxygens (including phenoxy) is 2. The predicted molar refractivity (Wildman–Crippen MR) is 69.1 cm³/mol. The molecule has 5 heteroatoms. The Morgan fingerprint density at radius 3 is 2.61 bits per heavy atom. The van der Waals surface area contributed by atoms with Gasteiger partial charge in [-0.15, -0.1) is 0 Å². The molecule has 1 aromatic rings. The summed E-state index contributed by atoms with van der Waals surface area (Å²) in [5.74, 6) is 0.427. The normalized spacial score (nSPS) is 23.2. The number of halogens is 2. The smallest absolute Gasteiger partial charge is 0.168 e. The minimum Gasteiger partial charge on any atom is -0.493 e. The maximum Gasteiger partial charge on any atom is 0.168 e. The quantitative estimate of drug-likeness (QED) is 0.918. The highest BCUT2D eigenvalue weighted by atomic mass is 35.5. The molecule has 1 N–H and O–H groups in total. The van der Waals surface area contributed by atoms with Crippen LogP contribution in [-0.4, -0.2) is 20.8 Å². The van der Waals surface area contributed by atoms with Crippen LogP contribution in [0.25, 0.3) is 0 Å². The zero-order chi connectivity index (χ0) is 13.3. The van der Waals surface area contributed by atoms with E-state index in [2.05, 4.69) is 5.32 Å². The molecule has 0 saturated carbocycles. The van der Waals surface area contributed by atoms with Gasteiger partial charge in [0.1, 0.15) is 0 Å². The van der Waals surface area contributed by atoms with Crippen molar-refractivity contribution in [1.82, 2.24) is 5.32 Å². The van der Waals surface area contributed by atoms with Crippen LogP contribution < -0.4 is 14.8 Å². The molecule has 18 heavy (non-hydrogen) atoms. The van der Waals surface area contributed by atoms with Gasteiger partial charge in [0.05, 0.1) is 24.8 Å². The minimum absolute atomic E-state index is 0.0533. The average molecular weight is 274 g/mol. The molecule has 0 amide bonds. The van der Waals surface area contributed by atoms with E-state index < -0.39 is 11.4 Å². The first-order chi connectivity index (χ1) is 8.53. The average Bonchev–Trinajstić information content (AvgIpc) is 2.79. The molecule has 1 fully saturated rings. The molecule has 1 heterocycles. The SMILES string of the molecule is COc1cc(Cl)c(F)c(C2(C)CCCN2)c1OC. The molecule has 0 bridgehead atoms. The van der Waals surface area contributed by atoms with Crippen LogP contribution >= 0.6 is 11.6 Å². The Labute approximate surface area is 111 Å². The molecular weight excluding hydrogens is 257 g/mol. The minimum atomic E-state index is -0.465. The molecule has 0 spiro atoms. The van der Waals surface area contributed by atoms with Crippen LogP contribution in [0.5, 0.6) is 11.5 Å². The van der Waals surface area contributed by atoms with Gasteiger partial charge < -0.3 is 14.8 Å². The summed E-state index contributed by atoms with van der Waals surface area (Å²) in [6.45, 7) is 2.81. The second kappa shape index (κ2) is 4.94. The summed E-state index contributed by atoms with van der Waals surface area (Å²) in [6.07, 6.45) is 1.83. The van der Waals surface area contributed by atoms with E-state index in [1.165, 1.54) is 20.3 Å². The molecule has 3 nitrogen and oxygen atoms in total. The Hall–Kier alpha value is -1.00. The molecular formula is C13H17ClFNO2. The van der Waals surface area contributed by atoms with Crippen LogP contribution in [-0.2, 0) is 5.54 Å². The van der Waals surface area contributed by atoms with Crippen LogP contribution in [0.3, 0.4) is 0 Å². The number of nitrogens with one attached hydrogen (secondary N) is 1. The van der Waals surface area contributed by atoms with Gasteiger partial charge in [-0.2, -0.15) is 0 Å². The maximum absolute atomic E-state index is 14.4. The molecule has 2 rings (SSSR count). The second-order valence-electron chi connectivity index (χ2n) is 4.65. The third kappa shape index (κ3) is 2.04. The Balaban J connectivity index is 2.66. The number of hydrogen-bond acceptors (Lipinski definition) is 3. The van der Waals surface area contributed by atoms with Crippen LogP contribution in [0.1, 0.15) is 25.3 Å². The van der Waals surface area contributed by atoms with Crippen molar-refractivity contribution in [2.24, 2.45) is 0 Å². The van der Waals surface area contributed by atoms with Crippen LogP contribution in [0.4, 0.5) is 4.39 Å². The number of benzene rings is 1. The Morgan fingerprint density at radius 2 is 2.11 bits per heavy atom. The van der Waals surface area contributed by atoms with Gasteiger partial charge in [-0.3, -0.25) is 0 Å². The van der Waals surface area contributed by atoms with Crippen LogP contribution in [0.2, 0.25) is 5.02 Å². The highest BCUT2D eigenvalue weighted by molar-refractivity contribution is 6.31. The van der Waals surface area contributed by atoms with Crippen molar-refractivity contribution >= 4 is 11.6 Å². The van der Waals surface area contributed by atoms with Gasteiger partial charge in [-0.05, 0) is 26.3 Å². The number of rotatable bonds is 3. The van der Waals surface area contributed by atoms with Gasteiger partial charge in [-0.1, -0.05) is 11.6 Å². The van der Waals surface area contributed by atoms with Crippen molar-refractivity contribution in [3.63, 3.8) is 0 Å². The molecule has 1 atom stereocenters. The van der Waals surface area contributed by atoms with Crippen molar-refractivity contribution in [2.45, 2.75) is 25.3 Å². The van der Waals surface area contributed by atoms with Crippen molar-refractivity contribution in [1.29, 1.82) is 0 Å². The van der Waals surface area contributed by atoms with Gasteiger partial charge in [0.25, 0.3) is 0 Å². The van der Waals surface area contributed by atoms with E-state index in [1.807, 2.05) is 6.92 Å². The highest BCUT2D eigenvalue weighted by Gasteiger charge is 2.37. The standard InChI is InChI=1S/C13H17ClFNO2/c1-13(5-4-6-16-13)10-11(15)8(14)7-9(17-2)12(10)18-3/h7,16H,4-6H2,1-3H3. The summed E-state index contributed by atoms with van der Waals surface area (Å²) < 4.78 is 24.9. The van der Waals surface area contributed by atoms with E-state index in [4.69, 9.17) is 21.1 Å². The number of hydrogen-bond donors (Lipinski definition) is 1. The topological polar surface area (TPSA) is 30.5 Å². The molecule has 1 aromatic carbocycles. The van der Waals surface area contributed by atoms with E-state index in [9.17, 15) is 4.39 Å². The third-order valence-corrected chi connectivity index (χ3v) is 3.76. The van der Waals surface area contributed by atoms with E-state index >= 15 is 0 Å². The summed E-state index contributed by atoms with van der Waals surface area (Å²) in [5, 5.41) is 3.36. The first-order valence-electron chi connectivity index (χ1n) is 5.89. The summed E-state index contributed by atoms with van der Waals surface area (Å²) in [7, 11) is 3.02. The van der Waals surface area contributed by atoms with Gasteiger partial charge in [-0.25, -0.2) is 4.39 Å². The lowest BCUT2D eigenvalue weighted by atomic mass is 9.89. The van der Waals surface area contributed by atoms with Crippen molar-refractivity contribution in [3.8, 4) is 11.5 Å². The second-order valence-corrected chi connectivity index (χ2v) is 5.05. The first kappa shape index (κ1) is 13.4. The lowest BCUT2D eigenvalue weighted by Crippen LogP contribution is -2.34. The molecule has 0 aromatic heterocycles. The monoisotopic (exact) mass is 273 g/mol. The molecule has 1 saturated heterocycles.